The smallest absolute Gasteiger partial charge is 1.00 e. The van der Waals surface area contributed by atoms with Crippen LogP contribution in [0.4, 0.5) is 0 Å². The van der Waals surface area contributed by atoms with Crippen molar-refractivity contribution in [1.29, 1.82) is 0 Å². The van der Waals surface area contributed by atoms with Crippen LogP contribution >= 0.6 is 44.3 Å². The van der Waals surface area contributed by atoms with Crippen molar-refractivity contribution >= 4 is 112 Å². The molecule has 1 rings (SSSR count). The van der Waals surface area contributed by atoms with Gasteiger partial charge in [0.2, 0.25) is 6.69 Å². The topological polar surface area (TPSA) is 9.23 Å². The standard InChI is InChI=1S/C8H20Cl2Si2.C4H8O.C4H8.C2H6Cl2Si.2BrH.2Mg/c1-11(2,9)7-5-6-8-12(3,4)10;1-2-4-5-3-1;1-3-4-2;1-5(2,3)4;;;;/h5-8H2,1-4H3;1-4H2;1-4H2;1-2H3;2*1H;;/q;;-2;;;;2*+2/p-2. The van der Waals surface area contributed by atoms with Gasteiger partial charge in [-0.15, -0.1) is 22.2 Å². The molecule has 1 aliphatic rings. The third-order valence-electron chi connectivity index (χ3n) is 2.87. The van der Waals surface area contributed by atoms with Gasteiger partial charge in [0, 0.05) is 13.2 Å². The van der Waals surface area contributed by atoms with Gasteiger partial charge in [0.1, 0.15) is 14.8 Å². The molecule has 0 bridgehead atoms. The summed E-state index contributed by atoms with van der Waals surface area (Å²) in [6, 6.07) is 2.46. The molecule has 1 saturated heterocycles. The average molecular weight is 709 g/mol. The summed E-state index contributed by atoms with van der Waals surface area (Å²) in [6.45, 7) is 20.0. The van der Waals surface area contributed by atoms with E-state index in [1.165, 1.54) is 37.8 Å². The van der Waals surface area contributed by atoms with Crippen LogP contribution in [0, 0.1) is 13.8 Å². The molecule has 0 aromatic carbocycles. The Kier molecular flexibility index (Phi) is 53.2. The summed E-state index contributed by atoms with van der Waals surface area (Å²) in [6.07, 6.45) is 7.01. The molecule has 0 N–H and O–H groups in total. The molecule has 178 valence electrons. The molecule has 0 aromatic heterocycles. The molecule has 0 saturated carbocycles. The van der Waals surface area contributed by atoms with Crippen LogP contribution in [0.3, 0.4) is 0 Å². The second-order valence-corrected chi connectivity index (χ2v) is 30.9. The van der Waals surface area contributed by atoms with Gasteiger partial charge in [-0.1, -0.05) is 39.0 Å². The summed E-state index contributed by atoms with van der Waals surface area (Å²) in [4.78, 5) is 0. The Hall–Kier alpha value is 4.26. The number of unbranched alkanes of at least 4 members (excludes halogenated alkanes) is 2. The Bertz CT molecular complexity index is 273. The molecule has 1 fully saturated rings. The van der Waals surface area contributed by atoms with E-state index in [0.29, 0.717) is 0 Å². The molecule has 12 heteroatoms. The summed E-state index contributed by atoms with van der Waals surface area (Å²) in [7, 11) is -2.62. The normalized spacial score (nSPS) is 12.4. The van der Waals surface area contributed by atoms with Crippen molar-refractivity contribution in [2.75, 3.05) is 13.2 Å². The van der Waals surface area contributed by atoms with E-state index in [0.717, 1.165) is 26.1 Å². The van der Waals surface area contributed by atoms with Crippen molar-refractivity contribution in [3.8, 4) is 0 Å². The predicted octanol–water partition coefficient (Wildman–Crippen LogP) is 2.30. The molecule has 1 nitrogen and oxygen atoms in total. The number of hydrogen-bond donors (Lipinski definition) is 0. The van der Waals surface area contributed by atoms with E-state index >= 15 is 0 Å². The van der Waals surface area contributed by atoms with Crippen LogP contribution in [0.15, 0.2) is 0 Å². The Morgan fingerprint density at radius 3 is 1.00 bits per heavy atom. The minimum absolute atomic E-state index is 0. The van der Waals surface area contributed by atoms with E-state index in [9.17, 15) is 0 Å². The molecule has 30 heavy (non-hydrogen) atoms. The Labute approximate surface area is 264 Å². The van der Waals surface area contributed by atoms with Crippen LogP contribution in [0.25, 0.3) is 0 Å². The van der Waals surface area contributed by atoms with E-state index in [-0.39, 0.29) is 80.1 Å². The Morgan fingerprint density at radius 2 is 0.900 bits per heavy atom. The molecule has 0 aromatic rings. The van der Waals surface area contributed by atoms with E-state index < -0.39 is 21.5 Å². The van der Waals surface area contributed by atoms with Gasteiger partial charge in [-0.25, -0.2) is 12.8 Å². The fraction of sp³-hybridized carbons (Fsp3) is 0.889. The predicted molar refractivity (Wildman–Crippen MR) is 146 cm³/mol. The summed E-state index contributed by atoms with van der Waals surface area (Å²) in [5, 5.41) is 0. The maximum absolute atomic E-state index is 6.20. The quantitative estimate of drug-likeness (QED) is 0.178. The van der Waals surface area contributed by atoms with E-state index in [1.807, 2.05) is 13.1 Å². The van der Waals surface area contributed by atoms with Gasteiger partial charge in [0.05, 0.1) is 0 Å². The van der Waals surface area contributed by atoms with Crippen LogP contribution in [-0.2, 0) is 4.74 Å². The first-order valence-corrected chi connectivity index (χ1v) is 23.0. The van der Waals surface area contributed by atoms with Crippen LogP contribution in [0.5, 0.6) is 0 Å². The van der Waals surface area contributed by atoms with Crippen LogP contribution in [0.2, 0.25) is 51.4 Å². The van der Waals surface area contributed by atoms with Gasteiger partial charge < -0.3 is 52.5 Å². The Morgan fingerprint density at radius 1 is 0.667 bits per heavy atom. The van der Waals surface area contributed by atoms with Gasteiger partial charge in [0.25, 0.3) is 0 Å². The minimum atomic E-state index is -1.67. The molecule has 0 aliphatic carbocycles. The van der Waals surface area contributed by atoms with E-state index in [2.05, 4.69) is 40.0 Å². The average Bonchev–Trinajstić information content (AvgIpc) is 2.99. The van der Waals surface area contributed by atoms with Gasteiger partial charge in [-0.3, -0.25) is 0 Å². The zero-order valence-electron chi connectivity index (χ0n) is 20.1. The molecule has 0 atom stereocenters. The van der Waals surface area contributed by atoms with E-state index in [4.69, 9.17) is 49.1 Å². The molecule has 0 radical (unpaired) electrons. The van der Waals surface area contributed by atoms with Crippen molar-refractivity contribution in [2.45, 2.75) is 89.9 Å². The maximum atomic E-state index is 6.20. The maximum Gasteiger partial charge on any atom is 2.00 e. The monoisotopic (exact) mass is 704 g/mol. The van der Waals surface area contributed by atoms with Gasteiger partial charge in [0.15, 0.2) is 0 Å². The molecular formula is C18H42Br2Cl4Mg2OSi3. The first-order chi connectivity index (χ1) is 11.6. The van der Waals surface area contributed by atoms with E-state index in [1.54, 1.807) is 0 Å². The van der Waals surface area contributed by atoms with Crippen LogP contribution in [0.1, 0.15) is 38.5 Å². The van der Waals surface area contributed by atoms with Crippen LogP contribution < -0.4 is 34.0 Å². The summed E-state index contributed by atoms with van der Waals surface area (Å²) < 4.78 is 4.94. The summed E-state index contributed by atoms with van der Waals surface area (Å²) in [5.74, 6) is 0. The first kappa shape index (κ1) is 51.0. The number of ether oxygens (including phenoxy) is 1. The fourth-order valence-corrected chi connectivity index (χ4v) is 4.58. The largest absolute Gasteiger partial charge is 2.00 e. The summed E-state index contributed by atoms with van der Waals surface area (Å²) >= 11 is 23.3. The number of hydrogen-bond acceptors (Lipinski definition) is 1. The van der Waals surface area contributed by atoms with Crippen molar-refractivity contribution in [3.05, 3.63) is 13.8 Å². The summed E-state index contributed by atoms with van der Waals surface area (Å²) in [5.41, 5.74) is 0. The van der Waals surface area contributed by atoms with Crippen molar-refractivity contribution in [2.24, 2.45) is 0 Å². The fourth-order valence-electron chi connectivity index (χ4n) is 1.60. The SMILES string of the molecule is C1CCOC1.C[Si](C)(Cl)CCCC[Si](C)(C)Cl.C[Si](C)(Cl)Cl.[Br-].[Br-].[CH2-]CC[CH2-].[Mg+2].[Mg+2]. The molecule has 1 heterocycles. The Balaban J connectivity index is -0.0000000500. The molecule has 0 unspecified atom stereocenters. The van der Waals surface area contributed by atoms with Crippen molar-refractivity contribution in [1.82, 2.24) is 0 Å². The molecule has 0 spiro atoms. The second-order valence-electron chi connectivity index (χ2n) is 8.00. The number of halogens is 6. The number of rotatable bonds is 6. The first-order valence-electron chi connectivity index (χ1n) is 9.54. The van der Waals surface area contributed by atoms with Gasteiger partial charge in [-0.05, 0) is 38.0 Å². The molecule has 1 aliphatic heterocycles. The zero-order chi connectivity index (χ0) is 21.3. The molecule has 0 amide bonds. The van der Waals surface area contributed by atoms with Crippen LogP contribution in [-0.4, -0.2) is 80.8 Å². The van der Waals surface area contributed by atoms with Crippen molar-refractivity contribution < 1.29 is 38.7 Å². The second kappa shape index (κ2) is 31.3. The third-order valence-corrected chi connectivity index (χ3v) is 7.09. The minimum Gasteiger partial charge on any atom is -1.00 e. The molecular weight excluding hydrogens is 667 g/mol. The third kappa shape index (κ3) is 85.0. The van der Waals surface area contributed by atoms with Gasteiger partial charge in [-0.2, -0.15) is 22.2 Å². The zero-order valence-corrected chi connectivity index (χ0v) is 32.1. The van der Waals surface area contributed by atoms with Crippen molar-refractivity contribution in [3.63, 3.8) is 0 Å². The van der Waals surface area contributed by atoms with Gasteiger partial charge >= 0.3 is 46.1 Å².